The summed E-state index contributed by atoms with van der Waals surface area (Å²) in [4.78, 5) is 55.0. The van der Waals surface area contributed by atoms with E-state index in [1.165, 1.54) is 25.0 Å². The molecule has 1 atom stereocenters. The number of hydrogen-bond acceptors (Lipinski definition) is 8. The Labute approximate surface area is 182 Å². The predicted molar refractivity (Wildman–Crippen MR) is 102 cm³/mol. The van der Waals surface area contributed by atoms with Crippen LogP contribution in [0.25, 0.3) is 0 Å². The number of carboxylic acids is 1. The number of pyridine rings is 1. The van der Waals surface area contributed by atoms with Crippen molar-refractivity contribution in [3.63, 3.8) is 0 Å². The summed E-state index contributed by atoms with van der Waals surface area (Å²) in [6.07, 6.45) is 1.35. The number of aliphatic carboxylic acids is 1. The van der Waals surface area contributed by atoms with Crippen molar-refractivity contribution in [2.75, 3.05) is 27.4 Å². The van der Waals surface area contributed by atoms with Crippen LogP contribution in [0, 0.1) is 0 Å². The normalized spacial score (nSPS) is 10.8. The summed E-state index contributed by atoms with van der Waals surface area (Å²) < 4.78 is 10.00. The van der Waals surface area contributed by atoms with E-state index in [-0.39, 0.29) is 25.8 Å². The maximum atomic E-state index is 12.0. The molecular formula is C16H26ClN5O9+2. The number of carboxylic acid groups (broad SMARTS) is 1. The molecule has 7 N–H and O–H groups in total. The Morgan fingerprint density at radius 2 is 2.00 bits per heavy atom. The number of quaternary nitrogens is 1. The van der Waals surface area contributed by atoms with Crippen LogP contribution in [-0.4, -0.2) is 62.4 Å². The van der Waals surface area contributed by atoms with Crippen LogP contribution in [0.2, 0.25) is 0 Å². The molecule has 15 heteroatoms. The van der Waals surface area contributed by atoms with E-state index in [0.717, 1.165) is 5.64 Å². The van der Waals surface area contributed by atoms with Crippen LogP contribution < -0.4 is 26.6 Å². The van der Waals surface area contributed by atoms with Gasteiger partial charge in [0.2, 0.25) is 5.91 Å². The quantitative estimate of drug-likeness (QED) is 0.126. The van der Waals surface area contributed by atoms with E-state index in [2.05, 4.69) is 26.3 Å². The molecule has 1 unspecified atom stereocenters. The molecule has 0 saturated carbocycles. The lowest BCUT2D eigenvalue weighted by Crippen LogP contribution is -2.81. The monoisotopic (exact) mass is 467 g/mol. The molecule has 0 spiro atoms. The molecule has 1 aromatic rings. The minimum absolute atomic E-state index is 0.228. The molecule has 0 saturated heterocycles. The first-order valence-electron chi connectivity index (χ1n) is 8.57. The second-order valence-electron chi connectivity index (χ2n) is 5.49. The molecule has 0 fully saturated rings. The molecule has 14 nitrogen and oxygen atoms in total. The van der Waals surface area contributed by atoms with Gasteiger partial charge in [0.15, 0.2) is 12.4 Å². The summed E-state index contributed by atoms with van der Waals surface area (Å²) in [5.41, 5.74) is 6.37. The van der Waals surface area contributed by atoms with E-state index in [1.54, 1.807) is 18.3 Å². The molecule has 1 heterocycles. The Bertz CT molecular complexity index is 722. The summed E-state index contributed by atoms with van der Waals surface area (Å²) in [6.45, 7) is 0.191. The number of nitrogens with zero attached hydrogens (tertiary/aromatic N) is 1. The number of ether oxygens (including phenoxy) is 1. The Kier molecular flexibility index (Phi) is 15.1. The molecule has 1 aromatic heterocycles. The number of halogens is 1. The summed E-state index contributed by atoms with van der Waals surface area (Å²) in [5, 5.41) is 13.6. The molecule has 174 valence electrons. The number of nitrogens with two attached hydrogens (primary N) is 2. The molecule has 0 aromatic carbocycles. The number of primary amides is 1. The highest BCUT2D eigenvalue weighted by Gasteiger charge is 2.23. The standard InChI is InChI=1S/C15H21N5O8.CH3ClO/c1-26-19-28-6-4-17-13(22)10-3-2-5-20(8-10)9-27-15(25)18-11(14(23)24)7-12(16)21;1-3-2/h2-3,5,8,11H,4,6-7,9,19H2,1H3,(H3-2,16,17,18,21,22,23,24,25);1H3/p+2. The Morgan fingerprint density at radius 3 is 2.58 bits per heavy atom. The van der Waals surface area contributed by atoms with Crippen molar-refractivity contribution in [1.29, 1.82) is 0 Å². The zero-order valence-electron chi connectivity index (χ0n) is 16.9. The molecule has 0 aliphatic heterocycles. The third-order valence-corrected chi connectivity index (χ3v) is 3.13. The Morgan fingerprint density at radius 1 is 1.32 bits per heavy atom. The zero-order valence-corrected chi connectivity index (χ0v) is 17.7. The fourth-order valence-corrected chi connectivity index (χ4v) is 1.90. The van der Waals surface area contributed by atoms with E-state index >= 15 is 0 Å². The zero-order chi connectivity index (χ0) is 23.6. The highest BCUT2D eigenvalue weighted by Crippen LogP contribution is 1.96. The van der Waals surface area contributed by atoms with Crippen LogP contribution in [-0.2, 0) is 35.0 Å². The van der Waals surface area contributed by atoms with Crippen molar-refractivity contribution >= 4 is 35.7 Å². The largest absolute Gasteiger partial charge is 0.480 e. The smallest absolute Gasteiger partial charge is 0.412 e. The number of rotatable bonds is 12. The highest BCUT2D eigenvalue weighted by molar-refractivity contribution is 6.07. The number of carbonyl (C=O) groups excluding carboxylic acids is 3. The first-order chi connectivity index (χ1) is 14.7. The first-order valence-corrected chi connectivity index (χ1v) is 8.88. The van der Waals surface area contributed by atoms with Gasteiger partial charge in [-0.15, -0.1) is 0 Å². The maximum Gasteiger partial charge on any atom is 0.412 e. The van der Waals surface area contributed by atoms with E-state index in [9.17, 15) is 19.2 Å². The van der Waals surface area contributed by atoms with Crippen molar-refractivity contribution in [1.82, 2.24) is 10.6 Å². The van der Waals surface area contributed by atoms with Gasteiger partial charge < -0.3 is 26.2 Å². The summed E-state index contributed by atoms with van der Waals surface area (Å²) in [5.74, 6) is -2.67. The van der Waals surface area contributed by atoms with Crippen LogP contribution in [0.5, 0.6) is 0 Å². The fraction of sp³-hybridized carbons (Fsp3) is 0.438. The lowest BCUT2D eigenvalue weighted by Gasteiger charge is -2.11. The van der Waals surface area contributed by atoms with E-state index in [0.29, 0.717) is 5.56 Å². The van der Waals surface area contributed by atoms with Gasteiger partial charge in [-0.25, -0.2) is 9.59 Å². The lowest BCUT2D eigenvalue weighted by atomic mass is 10.2. The van der Waals surface area contributed by atoms with Crippen molar-refractivity contribution in [2.24, 2.45) is 5.73 Å². The number of alkyl carbamates (subject to hydrolysis) is 1. The summed E-state index contributed by atoms with van der Waals surface area (Å²) >= 11 is 4.50. The van der Waals surface area contributed by atoms with E-state index in [1.807, 2.05) is 5.32 Å². The molecular weight excluding hydrogens is 442 g/mol. The van der Waals surface area contributed by atoms with Crippen molar-refractivity contribution in [2.45, 2.75) is 19.2 Å². The van der Waals surface area contributed by atoms with Gasteiger partial charge in [0.05, 0.1) is 32.5 Å². The SMILES string of the molecule is COCl.CO[NH2+]OCCNC(=O)c1ccc[n+](COC(=O)NC(CC(N)=O)C(=O)O)c1. The third-order valence-electron chi connectivity index (χ3n) is 3.13. The molecule has 0 radical (unpaired) electrons. The summed E-state index contributed by atoms with van der Waals surface area (Å²) in [6, 6.07) is 1.63. The molecule has 0 aliphatic carbocycles. The van der Waals surface area contributed by atoms with Crippen LogP contribution >= 0.6 is 11.9 Å². The van der Waals surface area contributed by atoms with Crippen LogP contribution in [0.15, 0.2) is 24.5 Å². The number of aromatic nitrogens is 1. The maximum absolute atomic E-state index is 12.0. The van der Waals surface area contributed by atoms with Gasteiger partial charge in [-0.1, -0.05) is 5.64 Å². The number of carbonyl (C=O) groups is 4. The third kappa shape index (κ3) is 13.7. The minimum Gasteiger partial charge on any atom is -0.480 e. The number of amides is 3. The van der Waals surface area contributed by atoms with Gasteiger partial charge in [0, 0.05) is 12.6 Å². The average Bonchev–Trinajstić information content (AvgIpc) is 2.72. The Balaban J connectivity index is 0.00000282. The van der Waals surface area contributed by atoms with E-state index in [4.69, 9.17) is 20.4 Å². The molecule has 3 amide bonds. The van der Waals surface area contributed by atoms with Crippen molar-refractivity contribution < 1.29 is 53.2 Å². The molecule has 0 bridgehead atoms. The van der Waals surface area contributed by atoms with Crippen LogP contribution in [0.4, 0.5) is 4.79 Å². The summed E-state index contributed by atoms with van der Waals surface area (Å²) in [7, 11) is 2.82. The number of nitrogens with one attached hydrogen (secondary N) is 2. The van der Waals surface area contributed by atoms with Crippen molar-refractivity contribution in [3.05, 3.63) is 30.1 Å². The van der Waals surface area contributed by atoms with Gasteiger partial charge in [-0.05, 0) is 6.07 Å². The van der Waals surface area contributed by atoms with Gasteiger partial charge in [0.25, 0.3) is 12.6 Å². The van der Waals surface area contributed by atoms with Gasteiger partial charge in [-0.3, -0.25) is 13.9 Å². The molecule has 0 aliphatic rings. The molecule has 31 heavy (non-hydrogen) atoms. The van der Waals surface area contributed by atoms with Gasteiger partial charge in [0.1, 0.15) is 18.2 Å². The average molecular weight is 468 g/mol. The first kappa shape index (κ1) is 28.0. The van der Waals surface area contributed by atoms with Gasteiger partial charge >= 0.3 is 12.1 Å². The molecule has 1 rings (SSSR count). The van der Waals surface area contributed by atoms with E-state index < -0.39 is 30.4 Å². The number of hydrogen-bond donors (Lipinski definition) is 5. The second kappa shape index (κ2) is 16.7. The predicted octanol–water partition coefficient (Wildman–Crippen LogP) is -2.44. The van der Waals surface area contributed by atoms with Crippen molar-refractivity contribution in [3.8, 4) is 0 Å². The fourth-order valence-electron chi connectivity index (χ4n) is 1.90. The van der Waals surface area contributed by atoms with Gasteiger partial charge in [-0.2, -0.15) is 14.2 Å². The minimum atomic E-state index is -1.50. The second-order valence-corrected chi connectivity index (χ2v) is 5.79. The van der Waals surface area contributed by atoms with Crippen LogP contribution in [0.3, 0.4) is 0 Å². The highest BCUT2D eigenvalue weighted by atomic mass is 35.5. The topological polar surface area (TPSA) is 196 Å². The Hall–Kier alpha value is -3.04. The van der Waals surface area contributed by atoms with Crippen LogP contribution in [0.1, 0.15) is 16.8 Å². The lowest BCUT2D eigenvalue weighted by molar-refractivity contribution is -1.06.